The zero-order valence-corrected chi connectivity index (χ0v) is 15.4. The van der Waals surface area contributed by atoms with Crippen LogP contribution in [0.25, 0.3) is 0 Å². The molecule has 144 valence electrons. The number of carbonyl (C=O) groups excluding carboxylic acids is 1. The van der Waals surface area contributed by atoms with Crippen molar-refractivity contribution in [3.8, 4) is 0 Å². The Labute approximate surface area is 152 Å². The number of nitrogens with one attached hydrogen (secondary N) is 2. The van der Waals surface area contributed by atoms with Gasteiger partial charge in [0.05, 0.1) is 0 Å². The molecule has 0 saturated carbocycles. The molecule has 0 radical (unpaired) electrons. The van der Waals surface area contributed by atoms with Crippen molar-refractivity contribution < 1.29 is 27.5 Å². The summed E-state index contributed by atoms with van der Waals surface area (Å²) in [6.45, 7) is 6.67. The van der Waals surface area contributed by atoms with Crippen molar-refractivity contribution >= 4 is 21.9 Å². The van der Waals surface area contributed by atoms with E-state index in [0.717, 1.165) is 12.1 Å². The second kappa shape index (κ2) is 9.44. The highest BCUT2D eigenvalue weighted by molar-refractivity contribution is 7.89. The van der Waals surface area contributed by atoms with Crippen LogP contribution >= 0.6 is 0 Å². The molecule has 2 atom stereocenters. The predicted octanol–water partition coefficient (Wildman–Crippen LogP) is 1.66. The van der Waals surface area contributed by atoms with Crippen LogP contribution in [-0.4, -0.2) is 37.5 Å². The van der Waals surface area contributed by atoms with Gasteiger partial charge in [0.1, 0.15) is 22.8 Å². The van der Waals surface area contributed by atoms with Crippen LogP contribution in [0.5, 0.6) is 0 Å². The first-order valence-corrected chi connectivity index (χ1v) is 9.49. The van der Waals surface area contributed by atoms with E-state index >= 15 is 0 Å². The number of benzene rings is 1. The lowest BCUT2D eigenvalue weighted by Gasteiger charge is -2.24. The van der Waals surface area contributed by atoms with E-state index < -0.39 is 50.6 Å². The Morgan fingerprint density at radius 1 is 1.31 bits per heavy atom. The van der Waals surface area contributed by atoms with Gasteiger partial charge in [-0.15, -0.1) is 6.58 Å². The summed E-state index contributed by atoms with van der Waals surface area (Å²) in [6.07, 6.45) is 2.00. The maximum Gasteiger partial charge on any atom is 0.326 e. The number of halogens is 1. The van der Waals surface area contributed by atoms with E-state index in [9.17, 15) is 27.5 Å². The molecule has 9 heteroatoms. The van der Waals surface area contributed by atoms with Crippen LogP contribution in [0.4, 0.5) is 4.39 Å². The van der Waals surface area contributed by atoms with Crippen molar-refractivity contribution in [2.45, 2.75) is 43.7 Å². The van der Waals surface area contributed by atoms with Crippen LogP contribution in [0.2, 0.25) is 0 Å². The maximum absolute atomic E-state index is 13.8. The molecule has 0 heterocycles. The minimum atomic E-state index is -4.30. The Bertz CT molecular complexity index is 764. The standard InChI is InChI=1S/C17H23FN2O5S/c1-4-5-9-13(17(22)23)19-16(21)15(11(2)3)20-26(24,25)14-10-7-6-8-12(14)18/h4,6-8,10-11,13,15,20H,1,5,9H2,2-3H3,(H,19,21)(H,22,23). The zero-order chi connectivity index (χ0) is 19.9. The van der Waals surface area contributed by atoms with Crippen LogP contribution in [0.3, 0.4) is 0 Å². The molecule has 3 N–H and O–H groups in total. The number of carboxylic acid groups (broad SMARTS) is 1. The van der Waals surface area contributed by atoms with E-state index in [-0.39, 0.29) is 6.42 Å². The van der Waals surface area contributed by atoms with E-state index in [0.29, 0.717) is 6.42 Å². The Kier molecular flexibility index (Phi) is 7.91. The summed E-state index contributed by atoms with van der Waals surface area (Å²) in [7, 11) is -4.30. The van der Waals surface area contributed by atoms with Gasteiger partial charge < -0.3 is 10.4 Å². The summed E-state index contributed by atoms with van der Waals surface area (Å²) in [5, 5.41) is 11.5. The number of hydrogen-bond acceptors (Lipinski definition) is 4. The van der Waals surface area contributed by atoms with Crippen LogP contribution in [0.15, 0.2) is 41.8 Å². The van der Waals surface area contributed by atoms with Gasteiger partial charge in [-0.2, -0.15) is 4.72 Å². The SMILES string of the molecule is C=CCCC(NC(=O)C(NS(=O)(=O)c1ccccc1F)C(C)C)C(=O)O. The first-order valence-electron chi connectivity index (χ1n) is 8.01. The Hall–Kier alpha value is -2.26. The molecule has 1 aromatic rings. The van der Waals surface area contributed by atoms with Gasteiger partial charge in [0, 0.05) is 0 Å². The molecule has 0 fully saturated rings. The van der Waals surface area contributed by atoms with E-state index in [4.69, 9.17) is 0 Å². The number of aliphatic carboxylic acids is 1. The molecule has 0 saturated heterocycles. The summed E-state index contributed by atoms with van der Waals surface area (Å²) in [6, 6.07) is 2.34. The van der Waals surface area contributed by atoms with Crippen LogP contribution in [0, 0.1) is 11.7 Å². The molecule has 0 bridgehead atoms. The van der Waals surface area contributed by atoms with Crippen molar-refractivity contribution in [1.29, 1.82) is 0 Å². The fourth-order valence-electron chi connectivity index (χ4n) is 2.19. The topological polar surface area (TPSA) is 113 Å². The van der Waals surface area contributed by atoms with Gasteiger partial charge in [-0.1, -0.05) is 32.1 Å². The molecule has 0 aliphatic carbocycles. The van der Waals surface area contributed by atoms with Crippen LogP contribution in [-0.2, 0) is 19.6 Å². The maximum atomic E-state index is 13.8. The third-order valence-corrected chi connectivity index (χ3v) is 5.11. The fourth-order valence-corrected chi connectivity index (χ4v) is 3.61. The lowest BCUT2D eigenvalue weighted by molar-refractivity contribution is -0.142. The summed E-state index contributed by atoms with van der Waals surface area (Å²) < 4.78 is 40.8. The largest absolute Gasteiger partial charge is 0.480 e. The Balaban J connectivity index is 3.01. The number of allylic oxidation sites excluding steroid dienone is 1. The molecule has 1 amide bonds. The van der Waals surface area contributed by atoms with Gasteiger partial charge in [0.25, 0.3) is 0 Å². The number of carbonyl (C=O) groups is 2. The molecule has 2 unspecified atom stereocenters. The van der Waals surface area contributed by atoms with Gasteiger partial charge in [-0.25, -0.2) is 17.6 Å². The first kappa shape index (κ1) is 21.8. The van der Waals surface area contributed by atoms with Crippen molar-refractivity contribution in [2.24, 2.45) is 5.92 Å². The van der Waals surface area contributed by atoms with Gasteiger partial charge in [0.15, 0.2) is 0 Å². The van der Waals surface area contributed by atoms with E-state index in [2.05, 4.69) is 16.6 Å². The summed E-state index contributed by atoms with van der Waals surface area (Å²) in [4.78, 5) is 23.1. The summed E-state index contributed by atoms with van der Waals surface area (Å²) >= 11 is 0. The van der Waals surface area contributed by atoms with Gasteiger partial charge in [0.2, 0.25) is 15.9 Å². The minimum Gasteiger partial charge on any atom is -0.480 e. The fraction of sp³-hybridized carbons (Fsp3) is 0.412. The van der Waals surface area contributed by atoms with Gasteiger partial charge in [-0.05, 0) is 30.9 Å². The monoisotopic (exact) mass is 386 g/mol. The summed E-state index contributed by atoms with van der Waals surface area (Å²) in [5.74, 6) is -3.47. The van der Waals surface area contributed by atoms with Crippen LogP contribution in [0.1, 0.15) is 26.7 Å². The summed E-state index contributed by atoms with van der Waals surface area (Å²) in [5.41, 5.74) is 0. The lowest BCUT2D eigenvalue weighted by atomic mass is 10.0. The first-order chi connectivity index (χ1) is 12.1. The van der Waals surface area contributed by atoms with Crippen molar-refractivity contribution in [2.75, 3.05) is 0 Å². The van der Waals surface area contributed by atoms with E-state index in [1.165, 1.54) is 18.2 Å². The zero-order valence-electron chi connectivity index (χ0n) is 14.6. The smallest absolute Gasteiger partial charge is 0.326 e. The van der Waals surface area contributed by atoms with Crippen molar-refractivity contribution in [3.63, 3.8) is 0 Å². The second-order valence-corrected chi connectivity index (χ2v) is 7.72. The van der Waals surface area contributed by atoms with Crippen molar-refractivity contribution in [3.05, 3.63) is 42.7 Å². The third kappa shape index (κ3) is 5.92. The molecule has 1 rings (SSSR count). The predicted molar refractivity (Wildman–Crippen MR) is 94.3 cm³/mol. The normalized spacial score (nSPS) is 13.8. The third-order valence-electron chi connectivity index (χ3n) is 3.63. The molecule has 7 nitrogen and oxygen atoms in total. The Morgan fingerprint density at radius 3 is 2.42 bits per heavy atom. The molecule has 0 spiro atoms. The average molecular weight is 386 g/mol. The van der Waals surface area contributed by atoms with Crippen molar-refractivity contribution in [1.82, 2.24) is 10.0 Å². The second-order valence-electron chi connectivity index (χ2n) is 6.04. The number of amides is 1. The van der Waals surface area contributed by atoms with Crippen LogP contribution < -0.4 is 10.0 Å². The lowest BCUT2D eigenvalue weighted by Crippen LogP contribution is -2.53. The molecule has 0 aromatic heterocycles. The average Bonchev–Trinajstić information content (AvgIpc) is 2.56. The number of rotatable bonds is 10. The molecule has 1 aromatic carbocycles. The number of carboxylic acids is 1. The highest BCUT2D eigenvalue weighted by Crippen LogP contribution is 2.15. The molecular formula is C17H23FN2O5S. The molecular weight excluding hydrogens is 363 g/mol. The quantitative estimate of drug-likeness (QED) is 0.530. The minimum absolute atomic E-state index is 0.120. The Morgan fingerprint density at radius 2 is 1.92 bits per heavy atom. The molecule has 26 heavy (non-hydrogen) atoms. The van der Waals surface area contributed by atoms with Gasteiger partial charge in [-0.3, -0.25) is 4.79 Å². The number of hydrogen-bond donors (Lipinski definition) is 3. The highest BCUT2D eigenvalue weighted by atomic mass is 32.2. The molecule has 0 aliphatic heterocycles. The van der Waals surface area contributed by atoms with E-state index in [1.807, 2.05) is 0 Å². The highest BCUT2D eigenvalue weighted by Gasteiger charge is 2.32. The molecule has 0 aliphatic rings. The van der Waals surface area contributed by atoms with E-state index in [1.54, 1.807) is 13.8 Å². The number of sulfonamides is 1. The van der Waals surface area contributed by atoms with Gasteiger partial charge >= 0.3 is 5.97 Å².